The summed E-state index contributed by atoms with van der Waals surface area (Å²) in [6.07, 6.45) is 2.63. The van der Waals surface area contributed by atoms with Crippen LogP contribution in [0.1, 0.15) is 12.8 Å². The lowest BCUT2D eigenvalue weighted by molar-refractivity contribution is 0.147. The van der Waals surface area contributed by atoms with Crippen molar-refractivity contribution in [1.29, 1.82) is 0 Å². The molecular weight excluding hydrogens is 340 g/mol. The highest BCUT2D eigenvalue weighted by atomic mass is 16.5. The van der Waals surface area contributed by atoms with Gasteiger partial charge in [-0.25, -0.2) is 0 Å². The average molecular weight is 366 g/mol. The van der Waals surface area contributed by atoms with Gasteiger partial charge in [0.15, 0.2) is 0 Å². The third-order valence-electron chi connectivity index (χ3n) is 5.66. The Morgan fingerprint density at radius 2 is 1.33 bits per heavy atom. The highest BCUT2D eigenvalue weighted by Gasteiger charge is 2.14. The van der Waals surface area contributed by atoms with Crippen molar-refractivity contribution in [2.24, 2.45) is 0 Å². The minimum Gasteiger partial charge on any atom is -0.492 e. The first-order valence-corrected chi connectivity index (χ1v) is 10.0. The fourth-order valence-electron chi connectivity index (χ4n) is 3.71. The Morgan fingerprint density at radius 1 is 0.704 bits per heavy atom. The molecule has 2 saturated heterocycles. The topological polar surface area (TPSA) is 38.1 Å². The summed E-state index contributed by atoms with van der Waals surface area (Å²) in [4.78, 5) is 4.82. The van der Waals surface area contributed by atoms with Crippen molar-refractivity contribution in [3.8, 4) is 11.5 Å². The molecule has 5 heteroatoms. The molecular formula is C22H26N2O3. The third kappa shape index (κ3) is 3.62. The molecule has 0 atom stereocenters. The predicted octanol–water partition coefficient (Wildman–Crippen LogP) is 3.76. The van der Waals surface area contributed by atoms with E-state index in [4.69, 9.17) is 13.9 Å². The highest BCUT2D eigenvalue weighted by molar-refractivity contribution is 6.05. The summed E-state index contributed by atoms with van der Waals surface area (Å²) in [5.74, 6) is 1.77. The minimum atomic E-state index is 0.723. The second-order valence-corrected chi connectivity index (χ2v) is 7.51. The summed E-state index contributed by atoms with van der Waals surface area (Å²) in [6, 6.07) is 12.2. The molecule has 3 heterocycles. The molecule has 3 aromatic rings. The summed E-state index contributed by atoms with van der Waals surface area (Å²) >= 11 is 0. The molecule has 0 spiro atoms. The number of furan rings is 1. The molecule has 0 unspecified atom stereocenters. The number of ether oxygens (including phenoxy) is 2. The van der Waals surface area contributed by atoms with Crippen molar-refractivity contribution in [2.45, 2.75) is 12.8 Å². The molecule has 5 nitrogen and oxygen atoms in total. The van der Waals surface area contributed by atoms with E-state index in [1.165, 1.54) is 39.0 Å². The first-order valence-electron chi connectivity index (χ1n) is 10.0. The van der Waals surface area contributed by atoms with Gasteiger partial charge in [0.25, 0.3) is 0 Å². The van der Waals surface area contributed by atoms with Gasteiger partial charge in [-0.15, -0.1) is 0 Å². The molecule has 27 heavy (non-hydrogen) atoms. The molecule has 0 amide bonds. The van der Waals surface area contributed by atoms with E-state index >= 15 is 0 Å². The second-order valence-electron chi connectivity index (χ2n) is 7.51. The fourth-order valence-corrected chi connectivity index (χ4v) is 3.71. The largest absolute Gasteiger partial charge is 0.492 e. The quantitative estimate of drug-likeness (QED) is 0.607. The van der Waals surface area contributed by atoms with E-state index in [0.29, 0.717) is 0 Å². The Balaban J connectivity index is 1.27. The van der Waals surface area contributed by atoms with Crippen LogP contribution < -0.4 is 9.47 Å². The van der Waals surface area contributed by atoms with Gasteiger partial charge in [0.05, 0.1) is 0 Å². The zero-order chi connectivity index (χ0) is 18.1. The van der Waals surface area contributed by atoms with Gasteiger partial charge >= 0.3 is 0 Å². The second kappa shape index (κ2) is 7.41. The van der Waals surface area contributed by atoms with E-state index in [2.05, 4.69) is 21.9 Å². The van der Waals surface area contributed by atoms with Gasteiger partial charge in [0.1, 0.15) is 35.9 Å². The molecule has 1 aromatic heterocycles. The molecule has 5 rings (SSSR count). The molecule has 0 saturated carbocycles. The molecule has 0 aliphatic carbocycles. The first kappa shape index (κ1) is 16.9. The van der Waals surface area contributed by atoms with Crippen molar-refractivity contribution in [3.05, 3.63) is 36.4 Å². The number of nitrogens with zero attached hydrogens (tertiary/aromatic N) is 2. The van der Waals surface area contributed by atoms with Crippen LogP contribution in [0.25, 0.3) is 21.9 Å². The van der Waals surface area contributed by atoms with E-state index in [9.17, 15) is 0 Å². The maximum atomic E-state index is 6.02. The normalized spacial score (nSPS) is 17.8. The monoisotopic (exact) mass is 366 g/mol. The van der Waals surface area contributed by atoms with Crippen molar-refractivity contribution >= 4 is 21.9 Å². The van der Waals surface area contributed by atoms with Crippen LogP contribution in [0, 0.1) is 0 Å². The third-order valence-corrected chi connectivity index (χ3v) is 5.66. The van der Waals surface area contributed by atoms with Gasteiger partial charge in [0.2, 0.25) is 0 Å². The van der Waals surface area contributed by atoms with Gasteiger partial charge in [-0.05, 0) is 69.4 Å². The van der Waals surface area contributed by atoms with Gasteiger partial charge in [0, 0.05) is 29.9 Å². The first-order chi connectivity index (χ1) is 13.3. The van der Waals surface area contributed by atoms with Crippen molar-refractivity contribution in [1.82, 2.24) is 9.80 Å². The summed E-state index contributed by atoms with van der Waals surface area (Å²) < 4.78 is 17.9. The van der Waals surface area contributed by atoms with Gasteiger partial charge < -0.3 is 13.9 Å². The van der Waals surface area contributed by atoms with E-state index in [1.807, 2.05) is 24.3 Å². The predicted molar refractivity (Wildman–Crippen MR) is 107 cm³/mol. The summed E-state index contributed by atoms with van der Waals surface area (Å²) in [6.45, 7) is 8.27. The summed E-state index contributed by atoms with van der Waals surface area (Å²) in [7, 11) is 0. The van der Waals surface area contributed by atoms with Crippen molar-refractivity contribution in [2.75, 3.05) is 52.5 Å². The van der Waals surface area contributed by atoms with Gasteiger partial charge in [-0.3, -0.25) is 9.80 Å². The summed E-state index contributed by atoms with van der Waals surface area (Å²) in [5, 5.41) is 2.20. The van der Waals surface area contributed by atoms with Gasteiger partial charge in [-0.1, -0.05) is 0 Å². The Kier molecular flexibility index (Phi) is 4.64. The number of benzene rings is 2. The molecule has 142 valence electrons. The van der Waals surface area contributed by atoms with Crippen LogP contribution in [0.5, 0.6) is 11.5 Å². The fraction of sp³-hybridized carbons (Fsp3) is 0.455. The zero-order valence-electron chi connectivity index (χ0n) is 15.7. The molecule has 2 fully saturated rings. The van der Waals surface area contributed by atoms with Crippen LogP contribution in [-0.2, 0) is 0 Å². The lowest BCUT2D eigenvalue weighted by Gasteiger charge is -2.30. The van der Waals surface area contributed by atoms with E-state index in [1.54, 1.807) is 0 Å². The maximum Gasteiger partial charge on any atom is 0.139 e. The maximum absolute atomic E-state index is 6.02. The Labute approximate surface area is 159 Å². The number of rotatable bonds is 8. The SMILES string of the molecule is c1cc2c(cc1OCCN1CCC1)oc1ccc(OCCN3CCC3)cc12. The van der Waals surface area contributed by atoms with E-state index < -0.39 is 0 Å². The standard InChI is InChI=1S/C22H26N2O3/c1-7-23(8-1)11-13-25-17-4-6-21-20(15-17)19-5-3-18(16-22(19)27-21)26-14-12-24-9-2-10-24/h3-6,15-16H,1-2,7-14H2. The number of hydrogen-bond acceptors (Lipinski definition) is 5. The van der Waals surface area contributed by atoms with Crippen molar-refractivity contribution < 1.29 is 13.9 Å². The number of fused-ring (bicyclic) bond motifs is 3. The number of likely N-dealkylation sites (tertiary alicyclic amines) is 2. The Morgan fingerprint density at radius 3 is 1.96 bits per heavy atom. The Bertz CT molecular complexity index is 928. The van der Waals surface area contributed by atoms with Crippen molar-refractivity contribution in [3.63, 3.8) is 0 Å². The van der Waals surface area contributed by atoms with Crippen LogP contribution in [0.2, 0.25) is 0 Å². The molecule has 0 N–H and O–H groups in total. The van der Waals surface area contributed by atoms with Crippen LogP contribution >= 0.6 is 0 Å². The van der Waals surface area contributed by atoms with E-state index in [-0.39, 0.29) is 0 Å². The van der Waals surface area contributed by atoms with Crippen LogP contribution in [0.3, 0.4) is 0 Å². The minimum absolute atomic E-state index is 0.723. The summed E-state index contributed by atoms with van der Waals surface area (Å²) in [5.41, 5.74) is 1.75. The lowest BCUT2D eigenvalue weighted by atomic mass is 10.1. The Hall–Kier alpha value is -2.24. The molecule has 2 aliphatic heterocycles. The highest BCUT2D eigenvalue weighted by Crippen LogP contribution is 2.33. The van der Waals surface area contributed by atoms with Gasteiger partial charge in [-0.2, -0.15) is 0 Å². The zero-order valence-corrected chi connectivity index (χ0v) is 15.7. The molecule has 2 aromatic carbocycles. The molecule has 2 aliphatic rings. The smallest absolute Gasteiger partial charge is 0.139 e. The lowest BCUT2D eigenvalue weighted by Crippen LogP contribution is -2.39. The average Bonchev–Trinajstić information content (AvgIpc) is 2.96. The number of hydrogen-bond donors (Lipinski definition) is 0. The van der Waals surface area contributed by atoms with Crippen LogP contribution in [0.15, 0.2) is 40.8 Å². The van der Waals surface area contributed by atoms with Crippen LogP contribution in [0.4, 0.5) is 0 Å². The molecule has 0 bridgehead atoms. The van der Waals surface area contributed by atoms with Crippen LogP contribution in [-0.4, -0.2) is 62.3 Å². The van der Waals surface area contributed by atoms with E-state index in [0.717, 1.165) is 59.7 Å². The molecule has 0 radical (unpaired) electrons.